The first-order valence-corrected chi connectivity index (χ1v) is 7.56. The third-order valence-electron chi connectivity index (χ3n) is 4.98. The Morgan fingerprint density at radius 2 is 1.63 bits per heavy atom. The normalized spacial score (nSPS) is 19.3. The Kier molecular flexibility index (Phi) is 4.87. The van der Waals surface area contributed by atoms with Crippen LogP contribution in [0.2, 0.25) is 0 Å². The second-order valence-electron chi connectivity index (χ2n) is 5.83. The lowest BCUT2D eigenvalue weighted by Gasteiger charge is -2.41. The molecule has 106 valence electrons. The van der Waals surface area contributed by atoms with Gasteiger partial charge in [-0.3, -0.25) is 4.90 Å². The van der Waals surface area contributed by atoms with Crippen LogP contribution in [0, 0.1) is 5.41 Å². The predicted octanol–water partition coefficient (Wildman–Crippen LogP) is 4.10. The molecular formula is C17H27NO. The van der Waals surface area contributed by atoms with Crippen molar-refractivity contribution in [1.29, 1.82) is 0 Å². The summed E-state index contributed by atoms with van der Waals surface area (Å²) in [5.41, 5.74) is 2.01. The Hall–Kier alpha value is -1.02. The lowest BCUT2D eigenvalue weighted by Crippen LogP contribution is -2.39. The van der Waals surface area contributed by atoms with Crippen LogP contribution in [0.3, 0.4) is 0 Å². The number of rotatable bonds is 5. The van der Waals surface area contributed by atoms with Gasteiger partial charge in [0.2, 0.25) is 0 Å². The number of benzene rings is 1. The van der Waals surface area contributed by atoms with E-state index in [0.717, 1.165) is 12.3 Å². The third-order valence-corrected chi connectivity index (χ3v) is 4.98. The van der Waals surface area contributed by atoms with E-state index in [9.17, 15) is 0 Å². The fourth-order valence-corrected chi connectivity index (χ4v) is 3.13. The van der Waals surface area contributed by atoms with Crippen molar-refractivity contribution < 1.29 is 4.74 Å². The van der Waals surface area contributed by atoms with Gasteiger partial charge in [-0.1, -0.05) is 38.8 Å². The Morgan fingerprint density at radius 1 is 1.05 bits per heavy atom. The summed E-state index contributed by atoms with van der Waals surface area (Å²) in [4.78, 5) is 2.59. The first-order valence-electron chi connectivity index (χ1n) is 7.56. The molecule has 0 amide bonds. The maximum atomic E-state index is 5.20. The summed E-state index contributed by atoms with van der Waals surface area (Å²) < 4.78 is 5.20. The molecule has 1 aliphatic heterocycles. The zero-order chi connectivity index (χ0) is 13.7. The van der Waals surface area contributed by atoms with Gasteiger partial charge in [0, 0.05) is 6.54 Å². The van der Waals surface area contributed by atoms with E-state index in [1.54, 1.807) is 7.11 Å². The third kappa shape index (κ3) is 3.50. The van der Waals surface area contributed by atoms with Crippen molar-refractivity contribution in [2.75, 3.05) is 20.2 Å². The monoisotopic (exact) mass is 261 g/mol. The molecule has 2 nitrogen and oxygen atoms in total. The van der Waals surface area contributed by atoms with Crippen LogP contribution in [0.5, 0.6) is 5.75 Å². The van der Waals surface area contributed by atoms with Crippen molar-refractivity contribution in [3.8, 4) is 5.75 Å². The van der Waals surface area contributed by atoms with Gasteiger partial charge in [-0.25, -0.2) is 0 Å². The summed E-state index contributed by atoms with van der Waals surface area (Å²) in [7, 11) is 1.72. The molecule has 0 saturated carbocycles. The van der Waals surface area contributed by atoms with Crippen molar-refractivity contribution in [3.63, 3.8) is 0 Å². The van der Waals surface area contributed by atoms with E-state index in [1.165, 1.54) is 44.3 Å². The van der Waals surface area contributed by atoms with Crippen LogP contribution in [-0.4, -0.2) is 25.1 Å². The highest BCUT2D eigenvalue weighted by atomic mass is 16.5. The van der Waals surface area contributed by atoms with E-state index in [1.807, 2.05) is 0 Å². The van der Waals surface area contributed by atoms with Crippen LogP contribution in [0.1, 0.15) is 45.1 Å². The van der Waals surface area contributed by atoms with E-state index >= 15 is 0 Å². The fourth-order valence-electron chi connectivity index (χ4n) is 3.13. The van der Waals surface area contributed by atoms with Gasteiger partial charge in [0.25, 0.3) is 0 Å². The topological polar surface area (TPSA) is 12.5 Å². The number of methoxy groups -OCH3 is 1. The maximum absolute atomic E-state index is 5.20. The summed E-state index contributed by atoms with van der Waals surface area (Å²) in [6, 6.07) is 8.48. The number of ether oxygens (including phenoxy) is 1. The highest BCUT2D eigenvalue weighted by Crippen LogP contribution is 2.38. The first-order chi connectivity index (χ1) is 9.21. The zero-order valence-electron chi connectivity index (χ0n) is 12.6. The highest BCUT2D eigenvalue weighted by molar-refractivity contribution is 5.27. The molecule has 1 aliphatic rings. The molecule has 0 unspecified atom stereocenters. The molecule has 0 radical (unpaired) electrons. The van der Waals surface area contributed by atoms with Gasteiger partial charge in [0.15, 0.2) is 0 Å². The Bertz CT molecular complexity index is 371. The Balaban J connectivity index is 1.88. The average Bonchev–Trinajstić information content (AvgIpc) is 2.49. The van der Waals surface area contributed by atoms with Crippen molar-refractivity contribution in [2.45, 2.75) is 46.1 Å². The summed E-state index contributed by atoms with van der Waals surface area (Å²) in [6.45, 7) is 8.26. The van der Waals surface area contributed by atoms with E-state index < -0.39 is 0 Å². The lowest BCUT2D eigenvalue weighted by atomic mass is 9.74. The number of piperidine rings is 1. The second kappa shape index (κ2) is 6.42. The fraction of sp³-hybridized carbons (Fsp3) is 0.647. The summed E-state index contributed by atoms with van der Waals surface area (Å²) in [5.74, 6) is 0.943. The van der Waals surface area contributed by atoms with Crippen LogP contribution >= 0.6 is 0 Å². The minimum absolute atomic E-state index is 0.621. The van der Waals surface area contributed by atoms with Crippen LogP contribution in [-0.2, 0) is 6.54 Å². The van der Waals surface area contributed by atoms with Crippen LogP contribution in [0.25, 0.3) is 0 Å². The maximum Gasteiger partial charge on any atom is 0.118 e. The standard InChI is InChI=1S/C17H27NO/c1-4-17(5-2)10-12-18(13-11-17)14-15-6-8-16(19-3)9-7-15/h6-9H,4-5,10-14H2,1-3H3. The second-order valence-corrected chi connectivity index (χ2v) is 5.83. The SMILES string of the molecule is CCC1(CC)CCN(Cc2ccc(OC)cc2)CC1. The van der Waals surface area contributed by atoms with Crippen molar-refractivity contribution in [2.24, 2.45) is 5.41 Å². The van der Waals surface area contributed by atoms with Gasteiger partial charge in [-0.05, 0) is 49.0 Å². The number of nitrogens with zero attached hydrogens (tertiary/aromatic N) is 1. The molecule has 2 rings (SSSR count). The molecule has 0 N–H and O–H groups in total. The minimum atomic E-state index is 0.621. The molecule has 0 spiro atoms. The molecule has 0 aromatic heterocycles. The van der Waals surface area contributed by atoms with E-state index in [4.69, 9.17) is 4.74 Å². The quantitative estimate of drug-likeness (QED) is 0.791. The zero-order valence-corrected chi connectivity index (χ0v) is 12.6. The summed E-state index contributed by atoms with van der Waals surface area (Å²) in [6.07, 6.45) is 5.38. The number of hydrogen-bond acceptors (Lipinski definition) is 2. The van der Waals surface area contributed by atoms with Gasteiger partial charge in [-0.15, -0.1) is 0 Å². The van der Waals surface area contributed by atoms with E-state index in [-0.39, 0.29) is 0 Å². The van der Waals surface area contributed by atoms with Crippen LogP contribution in [0.15, 0.2) is 24.3 Å². The molecule has 0 atom stereocenters. The lowest BCUT2D eigenvalue weighted by molar-refractivity contribution is 0.0909. The molecule has 1 aromatic rings. The molecule has 19 heavy (non-hydrogen) atoms. The van der Waals surface area contributed by atoms with Crippen molar-refractivity contribution in [3.05, 3.63) is 29.8 Å². The molecular weight excluding hydrogens is 234 g/mol. The molecule has 0 bridgehead atoms. The van der Waals surface area contributed by atoms with Gasteiger partial charge in [0.05, 0.1) is 7.11 Å². The summed E-state index contributed by atoms with van der Waals surface area (Å²) >= 11 is 0. The smallest absolute Gasteiger partial charge is 0.118 e. The number of hydrogen-bond donors (Lipinski definition) is 0. The Labute approximate surface area is 117 Å². The molecule has 1 aromatic carbocycles. The first kappa shape index (κ1) is 14.4. The van der Waals surface area contributed by atoms with E-state index in [2.05, 4.69) is 43.0 Å². The molecule has 2 heteroatoms. The van der Waals surface area contributed by atoms with Gasteiger partial charge in [0.1, 0.15) is 5.75 Å². The van der Waals surface area contributed by atoms with E-state index in [0.29, 0.717) is 5.41 Å². The van der Waals surface area contributed by atoms with Gasteiger partial charge in [-0.2, -0.15) is 0 Å². The van der Waals surface area contributed by atoms with Gasteiger partial charge < -0.3 is 4.74 Å². The highest BCUT2D eigenvalue weighted by Gasteiger charge is 2.30. The van der Waals surface area contributed by atoms with Crippen LogP contribution in [0.4, 0.5) is 0 Å². The average molecular weight is 261 g/mol. The minimum Gasteiger partial charge on any atom is -0.497 e. The van der Waals surface area contributed by atoms with Crippen molar-refractivity contribution >= 4 is 0 Å². The molecule has 1 fully saturated rings. The Morgan fingerprint density at radius 3 is 2.11 bits per heavy atom. The van der Waals surface area contributed by atoms with Gasteiger partial charge >= 0.3 is 0 Å². The largest absolute Gasteiger partial charge is 0.497 e. The molecule has 0 aliphatic carbocycles. The predicted molar refractivity (Wildman–Crippen MR) is 80.5 cm³/mol. The molecule has 1 heterocycles. The van der Waals surface area contributed by atoms with Crippen LogP contribution < -0.4 is 4.74 Å². The van der Waals surface area contributed by atoms with Crippen molar-refractivity contribution in [1.82, 2.24) is 4.90 Å². The molecule has 1 saturated heterocycles. The number of likely N-dealkylation sites (tertiary alicyclic amines) is 1. The summed E-state index contributed by atoms with van der Waals surface area (Å²) in [5, 5.41) is 0.